The first-order valence-electron chi connectivity index (χ1n) is 10.3. The van der Waals surface area contributed by atoms with Crippen LogP contribution in [-0.4, -0.2) is 43.6 Å². The van der Waals surface area contributed by atoms with E-state index in [1.54, 1.807) is 29.5 Å². The number of imidazole rings is 1. The van der Waals surface area contributed by atoms with Gasteiger partial charge in [0.15, 0.2) is 0 Å². The molecule has 1 fully saturated rings. The highest BCUT2D eigenvalue weighted by Crippen LogP contribution is 2.40. The van der Waals surface area contributed by atoms with Gasteiger partial charge >= 0.3 is 0 Å². The second-order valence-corrected chi connectivity index (χ2v) is 8.59. The summed E-state index contributed by atoms with van der Waals surface area (Å²) in [5, 5.41) is 5.18. The Morgan fingerprint density at radius 2 is 1.97 bits per heavy atom. The molecule has 2 aromatic carbocycles. The van der Waals surface area contributed by atoms with E-state index >= 15 is 0 Å². The van der Waals surface area contributed by atoms with E-state index in [1.165, 1.54) is 6.33 Å². The van der Waals surface area contributed by atoms with Gasteiger partial charge in [0, 0.05) is 23.2 Å². The number of hydrogen-bond donors (Lipinski definition) is 0. The molecule has 8 nitrogen and oxygen atoms in total. The van der Waals surface area contributed by atoms with Crippen LogP contribution in [0.1, 0.15) is 5.56 Å². The summed E-state index contributed by atoms with van der Waals surface area (Å²) in [6, 6.07) is 13.1. The number of aryl methyl sites for hydroxylation is 1. The van der Waals surface area contributed by atoms with Crippen molar-refractivity contribution in [2.75, 3.05) is 13.2 Å². The van der Waals surface area contributed by atoms with Crippen LogP contribution in [0.2, 0.25) is 10.0 Å². The Kier molecular flexibility index (Phi) is 6.07. The molecule has 1 aliphatic heterocycles. The second kappa shape index (κ2) is 9.15. The van der Waals surface area contributed by atoms with Crippen LogP contribution in [-0.2, 0) is 28.9 Å². The van der Waals surface area contributed by atoms with Crippen molar-refractivity contribution in [3.05, 3.63) is 83.3 Å². The first-order valence-corrected chi connectivity index (χ1v) is 11.1. The smallest absolute Gasteiger partial charge is 0.217 e. The van der Waals surface area contributed by atoms with Crippen molar-refractivity contribution in [1.82, 2.24) is 24.3 Å². The maximum atomic E-state index is 6.50. The minimum absolute atomic E-state index is 0.282. The Morgan fingerprint density at radius 1 is 1.12 bits per heavy atom. The van der Waals surface area contributed by atoms with E-state index in [4.69, 9.17) is 37.4 Å². The lowest BCUT2D eigenvalue weighted by molar-refractivity contribution is -0.190. The molecule has 0 saturated carbocycles. The van der Waals surface area contributed by atoms with E-state index in [0.29, 0.717) is 28.8 Å². The first kappa shape index (κ1) is 21.9. The van der Waals surface area contributed by atoms with Gasteiger partial charge in [-0.05, 0) is 36.4 Å². The van der Waals surface area contributed by atoms with Crippen molar-refractivity contribution in [1.29, 1.82) is 0 Å². The van der Waals surface area contributed by atoms with Crippen molar-refractivity contribution >= 4 is 23.2 Å². The van der Waals surface area contributed by atoms with Crippen molar-refractivity contribution in [3.8, 4) is 17.0 Å². The molecular formula is C23H21Cl2N5O3. The topological polar surface area (TPSA) is 76.2 Å². The van der Waals surface area contributed by atoms with Crippen LogP contribution >= 0.6 is 23.2 Å². The van der Waals surface area contributed by atoms with Gasteiger partial charge < -0.3 is 18.8 Å². The molecule has 0 spiro atoms. The minimum Gasteiger partial charge on any atom is -0.491 e. The molecule has 10 heteroatoms. The molecule has 0 radical (unpaired) electrons. The van der Waals surface area contributed by atoms with Crippen LogP contribution in [0.4, 0.5) is 0 Å². The van der Waals surface area contributed by atoms with Crippen molar-refractivity contribution < 1.29 is 14.2 Å². The molecule has 4 aromatic rings. The van der Waals surface area contributed by atoms with Gasteiger partial charge in [-0.25, -0.2) is 14.6 Å². The number of aromatic nitrogens is 5. The molecule has 0 N–H and O–H groups in total. The quantitative estimate of drug-likeness (QED) is 0.387. The fraction of sp³-hybridized carbons (Fsp3) is 0.261. The highest BCUT2D eigenvalue weighted by Gasteiger charge is 2.45. The van der Waals surface area contributed by atoms with E-state index in [-0.39, 0.29) is 12.6 Å². The molecule has 1 aliphatic rings. The molecule has 0 bridgehead atoms. The number of nitrogens with zero attached hydrogens (tertiary/aromatic N) is 5. The molecule has 5 rings (SSSR count). The van der Waals surface area contributed by atoms with E-state index in [9.17, 15) is 0 Å². The summed E-state index contributed by atoms with van der Waals surface area (Å²) >= 11 is 12.6. The van der Waals surface area contributed by atoms with Crippen LogP contribution in [0.5, 0.6) is 5.75 Å². The molecule has 1 saturated heterocycles. The number of rotatable bonds is 7. The van der Waals surface area contributed by atoms with E-state index in [0.717, 1.165) is 17.0 Å². The Balaban J connectivity index is 1.30. The summed E-state index contributed by atoms with van der Waals surface area (Å²) in [6.07, 6.45) is 6.36. The van der Waals surface area contributed by atoms with Gasteiger partial charge in [0.2, 0.25) is 5.79 Å². The molecule has 3 heterocycles. The average Bonchev–Trinajstić information content (AvgIpc) is 3.55. The molecule has 0 aliphatic carbocycles. The van der Waals surface area contributed by atoms with Crippen molar-refractivity contribution in [3.63, 3.8) is 0 Å². The summed E-state index contributed by atoms with van der Waals surface area (Å²) in [7, 11) is 1.96. The number of ether oxygens (including phenoxy) is 3. The van der Waals surface area contributed by atoms with Crippen LogP contribution in [0, 0.1) is 0 Å². The zero-order valence-corrected chi connectivity index (χ0v) is 19.3. The Morgan fingerprint density at radius 3 is 2.67 bits per heavy atom. The van der Waals surface area contributed by atoms with E-state index in [1.807, 2.05) is 48.1 Å². The second-order valence-electron chi connectivity index (χ2n) is 7.75. The predicted molar refractivity (Wildman–Crippen MR) is 123 cm³/mol. The van der Waals surface area contributed by atoms with E-state index in [2.05, 4.69) is 15.1 Å². The summed E-state index contributed by atoms with van der Waals surface area (Å²) in [5.74, 6) is -0.393. The third kappa shape index (κ3) is 4.60. The van der Waals surface area contributed by atoms with Gasteiger partial charge in [-0.1, -0.05) is 29.3 Å². The standard InChI is InChI=1S/C23H21Cl2N5O3/c1-29-14-26-9-22(29)16-2-5-18(6-3-16)31-10-19-11-32-23(33-19,12-30-15-27-13-28-30)20-7-4-17(24)8-21(20)25/h2-9,13-15,19H,10-12H2,1H3. The fourth-order valence-corrected chi connectivity index (χ4v) is 4.38. The Labute approximate surface area is 200 Å². The first-order chi connectivity index (χ1) is 16.0. The molecule has 2 unspecified atom stereocenters. The SMILES string of the molecule is Cn1cncc1-c1ccc(OCC2COC(Cn3cncn3)(c3ccc(Cl)cc3Cl)O2)cc1. The minimum atomic E-state index is -1.13. The maximum Gasteiger partial charge on any atom is 0.217 e. The molecule has 2 aromatic heterocycles. The lowest BCUT2D eigenvalue weighted by atomic mass is 10.1. The van der Waals surface area contributed by atoms with Crippen molar-refractivity contribution in [2.45, 2.75) is 18.4 Å². The van der Waals surface area contributed by atoms with Gasteiger partial charge in [-0.15, -0.1) is 0 Å². The predicted octanol–water partition coefficient (Wildman–Crippen LogP) is 4.33. The third-order valence-electron chi connectivity index (χ3n) is 5.44. The molecule has 0 amide bonds. The van der Waals surface area contributed by atoms with Gasteiger partial charge in [-0.2, -0.15) is 5.10 Å². The van der Waals surface area contributed by atoms with Gasteiger partial charge in [0.1, 0.15) is 37.7 Å². The van der Waals surface area contributed by atoms with Gasteiger partial charge in [0.05, 0.1) is 29.8 Å². The van der Waals surface area contributed by atoms with Crippen LogP contribution in [0.3, 0.4) is 0 Å². The Hall–Kier alpha value is -2.91. The number of halogens is 2. The summed E-state index contributed by atoms with van der Waals surface area (Å²) in [5.41, 5.74) is 2.77. The van der Waals surface area contributed by atoms with Crippen molar-refractivity contribution in [2.24, 2.45) is 7.05 Å². The highest BCUT2D eigenvalue weighted by atomic mass is 35.5. The number of hydrogen-bond acceptors (Lipinski definition) is 6. The molecule has 170 valence electrons. The lowest BCUT2D eigenvalue weighted by Crippen LogP contribution is -2.35. The normalized spacial score (nSPS) is 20.3. The van der Waals surface area contributed by atoms with Gasteiger partial charge in [0.25, 0.3) is 0 Å². The summed E-state index contributed by atoms with van der Waals surface area (Å²) < 4.78 is 22.2. The summed E-state index contributed by atoms with van der Waals surface area (Å²) in [4.78, 5) is 8.17. The zero-order chi connectivity index (χ0) is 22.8. The van der Waals surface area contributed by atoms with Crippen LogP contribution in [0.25, 0.3) is 11.3 Å². The molecule has 2 atom stereocenters. The third-order valence-corrected chi connectivity index (χ3v) is 5.99. The monoisotopic (exact) mass is 485 g/mol. The van der Waals surface area contributed by atoms with Crippen LogP contribution < -0.4 is 4.74 Å². The zero-order valence-electron chi connectivity index (χ0n) is 17.8. The van der Waals surface area contributed by atoms with E-state index < -0.39 is 5.79 Å². The average molecular weight is 486 g/mol. The molecular weight excluding hydrogens is 465 g/mol. The highest BCUT2D eigenvalue weighted by molar-refractivity contribution is 6.35. The van der Waals surface area contributed by atoms with Gasteiger partial charge in [-0.3, -0.25) is 0 Å². The fourth-order valence-electron chi connectivity index (χ4n) is 3.83. The number of benzene rings is 2. The molecule has 33 heavy (non-hydrogen) atoms. The lowest BCUT2D eigenvalue weighted by Gasteiger charge is -2.29. The summed E-state index contributed by atoms with van der Waals surface area (Å²) in [6.45, 7) is 0.931. The van der Waals surface area contributed by atoms with Crippen LogP contribution in [0.15, 0.2) is 67.6 Å². The Bertz CT molecular complexity index is 1230. The largest absolute Gasteiger partial charge is 0.491 e. The maximum absolute atomic E-state index is 6.50.